The van der Waals surface area contributed by atoms with Gasteiger partial charge < -0.3 is 4.90 Å². The molecule has 0 fully saturated rings. The van der Waals surface area contributed by atoms with Crippen LogP contribution in [0.4, 0.5) is 5.13 Å². The molecule has 142 valence electrons. The van der Waals surface area contributed by atoms with E-state index in [0.29, 0.717) is 11.6 Å². The Bertz CT molecular complexity index is 948. The van der Waals surface area contributed by atoms with E-state index >= 15 is 0 Å². The van der Waals surface area contributed by atoms with E-state index < -0.39 is 0 Å². The zero-order chi connectivity index (χ0) is 19.4. The van der Waals surface area contributed by atoms with Gasteiger partial charge in [0, 0.05) is 22.5 Å². The molecule has 0 aliphatic carbocycles. The van der Waals surface area contributed by atoms with Gasteiger partial charge in [0.25, 0.3) is 5.91 Å². The lowest BCUT2D eigenvalue weighted by atomic mass is 10.2. The summed E-state index contributed by atoms with van der Waals surface area (Å²) in [4.78, 5) is 22.6. The third-order valence-corrected chi connectivity index (χ3v) is 6.14. The number of fused-ring (bicyclic) bond motifs is 1. The number of amides is 1. The molecule has 0 saturated heterocycles. The fourth-order valence-electron chi connectivity index (χ4n) is 2.73. The van der Waals surface area contributed by atoms with Crippen molar-refractivity contribution in [1.29, 1.82) is 0 Å². The van der Waals surface area contributed by atoms with Crippen LogP contribution >= 0.6 is 34.3 Å². The maximum absolute atomic E-state index is 12.9. The van der Waals surface area contributed by atoms with E-state index in [-0.39, 0.29) is 5.91 Å². The SMILES string of the molecule is Cc1cc(Cl)cc2sc(N(CCCN(C)C)C(=O)C=Cc3cccs3)nc12. The van der Waals surface area contributed by atoms with Gasteiger partial charge in [-0.15, -0.1) is 11.3 Å². The number of thiazole rings is 1. The molecule has 3 rings (SSSR count). The number of carbonyl (C=O) groups is 1. The number of hydrogen-bond acceptors (Lipinski definition) is 5. The van der Waals surface area contributed by atoms with Gasteiger partial charge in [-0.25, -0.2) is 4.98 Å². The van der Waals surface area contributed by atoms with Crippen LogP contribution < -0.4 is 4.90 Å². The first-order valence-electron chi connectivity index (χ1n) is 8.68. The Morgan fingerprint density at radius 3 is 2.81 bits per heavy atom. The van der Waals surface area contributed by atoms with Crippen LogP contribution in [-0.4, -0.2) is 43.0 Å². The number of hydrogen-bond donors (Lipinski definition) is 0. The summed E-state index contributed by atoms with van der Waals surface area (Å²) in [5.74, 6) is -0.0510. The van der Waals surface area contributed by atoms with Gasteiger partial charge in [0.15, 0.2) is 5.13 Å². The topological polar surface area (TPSA) is 36.4 Å². The number of rotatable bonds is 7. The van der Waals surface area contributed by atoms with E-state index in [1.54, 1.807) is 22.3 Å². The monoisotopic (exact) mass is 419 g/mol. The summed E-state index contributed by atoms with van der Waals surface area (Å²) >= 11 is 9.30. The molecule has 0 atom stereocenters. The Labute approximate surface area is 172 Å². The van der Waals surface area contributed by atoms with Crippen molar-refractivity contribution in [3.8, 4) is 0 Å². The molecule has 0 bridgehead atoms. The zero-order valence-electron chi connectivity index (χ0n) is 15.6. The highest BCUT2D eigenvalue weighted by molar-refractivity contribution is 7.22. The van der Waals surface area contributed by atoms with Gasteiger partial charge in [-0.3, -0.25) is 9.69 Å². The second-order valence-electron chi connectivity index (χ2n) is 6.56. The fourth-order valence-corrected chi connectivity index (χ4v) is 4.80. The van der Waals surface area contributed by atoms with E-state index in [9.17, 15) is 4.79 Å². The van der Waals surface area contributed by atoms with Crippen LogP contribution in [0.25, 0.3) is 16.3 Å². The average Bonchev–Trinajstić information content (AvgIpc) is 3.25. The van der Waals surface area contributed by atoms with Crippen LogP contribution in [0.5, 0.6) is 0 Å². The molecule has 3 aromatic rings. The molecule has 4 nitrogen and oxygen atoms in total. The van der Waals surface area contributed by atoms with Gasteiger partial charge >= 0.3 is 0 Å². The molecule has 2 aromatic heterocycles. The number of aryl methyl sites for hydroxylation is 1. The molecule has 0 aliphatic rings. The van der Waals surface area contributed by atoms with Gasteiger partial charge in [-0.05, 0) is 69.2 Å². The predicted octanol–water partition coefficient (Wildman–Crippen LogP) is 5.32. The molecule has 0 N–H and O–H groups in total. The second-order valence-corrected chi connectivity index (χ2v) is 8.99. The maximum Gasteiger partial charge on any atom is 0.252 e. The van der Waals surface area contributed by atoms with Crippen molar-refractivity contribution < 1.29 is 4.79 Å². The second kappa shape index (κ2) is 8.97. The number of benzene rings is 1. The lowest BCUT2D eigenvalue weighted by Crippen LogP contribution is -2.32. The molecule has 0 spiro atoms. The summed E-state index contributed by atoms with van der Waals surface area (Å²) in [6.45, 7) is 3.53. The summed E-state index contributed by atoms with van der Waals surface area (Å²) in [6, 6.07) is 7.79. The molecule has 27 heavy (non-hydrogen) atoms. The van der Waals surface area contributed by atoms with Crippen LogP contribution in [-0.2, 0) is 4.79 Å². The van der Waals surface area contributed by atoms with Gasteiger partial charge in [-0.1, -0.05) is 29.0 Å². The van der Waals surface area contributed by atoms with Gasteiger partial charge in [0.1, 0.15) is 0 Å². The van der Waals surface area contributed by atoms with Crippen molar-refractivity contribution in [2.24, 2.45) is 0 Å². The minimum Gasteiger partial charge on any atom is -0.309 e. The van der Waals surface area contributed by atoms with E-state index in [1.165, 1.54) is 11.3 Å². The first kappa shape index (κ1) is 20.0. The summed E-state index contributed by atoms with van der Waals surface area (Å²) in [5, 5.41) is 3.41. The Morgan fingerprint density at radius 1 is 1.30 bits per heavy atom. The number of aromatic nitrogens is 1. The maximum atomic E-state index is 12.9. The first-order valence-corrected chi connectivity index (χ1v) is 10.8. The number of carbonyl (C=O) groups excluding carboxylic acids is 1. The van der Waals surface area contributed by atoms with Gasteiger partial charge in [0.2, 0.25) is 0 Å². The molecule has 0 radical (unpaired) electrons. The molecule has 1 amide bonds. The lowest BCUT2D eigenvalue weighted by Gasteiger charge is -2.19. The van der Waals surface area contributed by atoms with Crippen LogP contribution in [0.15, 0.2) is 35.7 Å². The molecular formula is C20H22ClN3OS2. The van der Waals surface area contributed by atoms with E-state index in [2.05, 4.69) is 4.90 Å². The summed E-state index contributed by atoms with van der Waals surface area (Å²) in [7, 11) is 4.07. The van der Waals surface area contributed by atoms with Crippen LogP contribution in [0.2, 0.25) is 5.02 Å². The van der Waals surface area contributed by atoms with Crippen molar-refractivity contribution in [3.63, 3.8) is 0 Å². The average molecular weight is 420 g/mol. The van der Waals surface area contributed by atoms with Crippen molar-refractivity contribution >= 4 is 61.6 Å². The summed E-state index contributed by atoms with van der Waals surface area (Å²) in [5.41, 5.74) is 1.93. The molecule has 0 saturated carbocycles. The smallest absolute Gasteiger partial charge is 0.252 e. The molecule has 0 aliphatic heterocycles. The molecule has 7 heteroatoms. The zero-order valence-corrected chi connectivity index (χ0v) is 18.0. The number of anilines is 1. The minimum atomic E-state index is -0.0510. The Morgan fingerprint density at radius 2 is 2.11 bits per heavy atom. The van der Waals surface area contributed by atoms with Gasteiger partial charge in [0.05, 0.1) is 10.2 Å². The Hall–Kier alpha value is -1.73. The van der Waals surface area contributed by atoms with Crippen molar-refractivity contribution in [2.75, 3.05) is 32.1 Å². The summed E-state index contributed by atoms with van der Waals surface area (Å²) < 4.78 is 1.00. The highest BCUT2D eigenvalue weighted by Crippen LogP contribution is 2.33. The third kappa shape index (κ3) is 5.17. The quantitative estimate of drug-likeness (QED) is 0.486. The molecule has 2 heterocycles. The normalized spacial score (nSPS) is 11.7. The molecular weight excluding hydrogens is 398 g/mol. The fraction of sp³-hybridized carbons (Fsp3) is 0.300. The van der Waals surface area contributed by atoms with Crippen molar-refractivity contribution in [3.05, 3.63) is 51.2 Å². The highest BCUT2D eigenvalue weighted by Gasteiger charge is 2.18. The van der Waals surface area contributed by atoms with Crippen molar-refractivity contribution in [1.82, 2.24) is 9.88 Å². The number of halogens is 1. The molecule has 1 aromatic carbocycles. The predicted molar refractivity (Wildman–Crippen MR) is 118 cm³/mol. The molecule has 0 unspecified atom stereocenters. The van der Waals surface area contributed by atoms with E-state index in [4.69, 9.17) is 16.6 Å². The van der Waals surface area contributed by atoms with Crippen LogP contribution in [0, 0.1) is 6.92 Å². The lowest BCUT2D eigenvalue weighted by molar-refractivity contribution is -0.114. The Balaban J connectivity index is 1.88. The van der Waals surface area contributed by atoms with Crippen molar-refractivity contribution in [2.45, 2.75) is 13.3 Å². The first-order chi connectivity index (χ1) is 12.9. The van der Waals surface area contributed by atoms with E-state index in [1.807, 2.05) is 56.7 Å². The van der Waals surface area contributed by atoms with Crippen LogP contribution in [0.3, 0.4) is 0 Å². The standard InChI is InChI=1S/C20H22ClN3OS2/c1-14-12-15(21)13-17-19(14)22-20(27-17)24(10-5-9-23(2)3)18(25)8-7-16-6-4-11-26-16/h4,6-8,11-13H,5,9-10H2,1-3H3. The summed E-state index contributed by atoms with van der Waals surface area (Å²) in [6.07, 6.45) is 4.37. The van der Waals surface area contributed by atoms with E-state index in [0.717, 1.165) is 38.8 Å². The number of thiophene rings is 1. The third-order valence-electron chi connectivity index (χ3n) is 4.06. The van der Waals surface area contributed by atoms with Crippen LogP contribution in [0.1, 0.15) is 16.9 Å². The highest BCUT2D eigenvalue weighted by atomic mass is 35.5. The number of nitrogens with zero attached hydrogens (tertiary/aromatic N) is 3. The largest absolute Gasteiger partial charge is 0.309 e. The minimum absolute atomic E-state index is 0.0510. The Kier molecular flexibility index (Phi) is 6.65. The van der Waals surface area contributed by atoms with Gasteiger partial charge in [-0.2, -0.15) is 0 Å².